The second-order valence-corrected chi connectivity index (χ2v) is 8.70. The van der Waals surface area contributed by atoms with Crippen molar-refractivity contribution in [2.75, 3.05) is 32.7 Å². The quantitative estimate of drug-likeness (QED) is 0.758. The van der Waals surface area contributed by atoms with Gasteiger partial charge in [-0.25, -0.2) is 0 Å². The van der Waals surface area contributed by atoms with Gasteiger partial charge in [-0.05, 0) is 38.0 Å². The third-order valence-corrected chi connectivity index (χ3v) is 6.61. The van der Waals surface area contributed by atoms with Gasteiger partial charge in [-0.2, -0.15) is 0 Å². The van der Waals surface area contributed by atoms with E-state index in [-0.39, 0.29) is 29.7 Å². The number of aryl methyl sites for hydroxylation is 1. The van der Waals surface area contributed by atoms with Gasteiger partial charge in [-0.1, -0.05) is 0 Å². The van der Waals surface area contributed by atoms with Gasteiger partial charge in [0.15, 0.2) is 0 Å². The van der Waals surface area contributed by atoms with E-state index < -0.39 is 0 Å². The van der Waals surface area contributed by atoms with Crippen molar-refractivity contribution in [1.29, 1.82) is 0 Å². The van der Waals surface area contributed by atoms with E-state index in [1.54, 1.807) is 17.3 Å². The molecule has 1 aromatic rings. The minimum Gasteiger partial charge on any atom is -0.341 e. The Labute approximate surface area is 171 Å². The zero-order chi connectivity index (χ0) is 20.4. The molecule has 0 N–H and O–H groups in total. The van der Waals surface area contributed by atoms with E-state index in [1.165, 1.54) is 0 Å². The number of piperidine rings is 2. The summed E-state index contributed by atoms with van der Waals surface area (Å²) in [6.45, 7) is 5.42. The van der Waals surface area contributed by atoms with Crippen LogP contribution in [0, 0.1) is 12.3 Å². The van der Waals surface area contributed by atoms with Crippen molar-refractivity contribution in [1.82, 2.24) is 24.7 Å². The Morgan fingerprint density at radius 2 is 1.76 bits per heavy atom. The molecular formula is C21H29N5O3. The number of aromatic nitrogens is 2. The first-order valence-corrected chi connectivity index (χ1v) is 10.5. The fourth-order valence-corrected chi connectivity index (χ4v) is 4.72. The zero-order valence-electron chi connectivity index (χ0n) is 17.1. The summed E-state index contributed by atoms with van der Waals surface area (Å²) in [5.74, 6) is 0.310. The topological polar surface area (TPSA) is 86.7 Å². The Morgan fingerprint density at radius 1 is 1.00 bits per heavy atom. The summed E-state index contributed by atoms with van der Waals surface area (Å²) in [5, 5.41) is 0. The average Bonchev–Trinajstić information content (AvgIpc) is 3.12. The van der Waals surface area contributed by atoms with E-state index in [9.17, 15) is 14.4 Å². The molecule has 4 heterocycles. The van der Waals surface area contributed by atoms with Crippen molar-refractivity contribution < 1.29 is 14.4 Å². The summed E-state index contributed by atoms with van der Waals surface area (Å²) in [7, 11) is 0. The first-order chi connectivity index (χ1) is 13.9. The van der Waals surface area contributed by atoms with Crippen LogP contribution in [0.1, 0.15) is 49.9 Å². The molecule has 3 fully saturated rings. The van der Waals surface area contributed by atoms with E-state index in [0.29, 0.717) is 45.6 Å². The van der Waals surface area contributed by atoms with Crippen LogP contribution in [0.5, 0.6) is 0 Å². The maximum Gasteiger partial charge on any atom is 0.242 e. The van der Waals surface area contributed by atoms with Crippen molar-refractivity contribution in [3.8, 4) is 0 Å². The lowest BCUT2D eigenvalue weighted by molar-refractivity contribution is -0.144. The SMILES string of the molecule is Cc1cnc(CN2CC3(CCC2=O)CCN(C(=O)CN2CCCC2=O)CC3)cn1. The molecule has 1 aromatic heterocycles. The largest absolute Gasteiger partial charge is 0.341 e. The molecule has 29 heavy (non-hydrogen) atoms. The van der Waals surface area contributed by atoms with Crippen molar-refractivity contribution in [3.63, 3.8) is 0 Å². The van der Waals surface area contributed by atoms with E-state index >= 15 is 0 Å². The van der Waals surface area contributed by atoms with Crippen LogP contribution in [0.15, 0.2) is 12.4 Å². The molecule has 3 aliphatic rings. The second kappa shape index (κ2) is 8.08. The van der Waals surface area contributed by atoms with Crippen LogP contribution >= 0.6 is 0 Å². The molecule has 4 rings (SSSR count). The Morgan fingerprint density at radius 3 is 2.41 bits per heavy atom. The molecule has 8 heteroatoms. The lowest BCUT2D eigenvalue weighted by Gasteiger charge is -2.47. The highest BCUT2D eigenvalue weighted by atomic mass is 16.2. The number of nitrogens with zero attached hydrogens (tertiary/aromatic N) is 5. The van der Waals surface area contributed by atoms with E-state index in [2.05, 4.69) is 9.97 Å². The van der Waals surface area contributed by atoms with Gasteiger partial charge in [0.25, 0.3) is 0 Å². The maximum absolute atomic E-state index is 12.6. The van der Waals surface area contributed by atoms with Crippen LogP contribution < -0.4 is 0 Å². The minimum absolute atomic E-state index is 0.0498. The number of amides is 3. The summed E-state index contributed by atoms with van der Waals surface area (Å²) in [5.41, 5.74) is 1.75. The van der Waals surface area contributed by atoms with Gasteiger partial charge in [0.2, 0.25) is 17.7 Å². The van der Waals surface area contributed by atoms with Gasteiger partial charge in [0, 0.05) is 45.2 Å². The summed E-state index contributed by atoms with van der Waals surface area (Å²) in [6.07, 6.45) is 8.12. The first-order valence-electron chi connectivity index (χ1n) is 10.5. The van der Waals surface area contributed by atoms with E-state index in [1.807, 2.05) is 16.7 Å². The third kappa shape index (κ3) is 4.41. The first kappa shape index (κ1) is 19.8. The highest BCUT2D eigenvalue weighted by Gasteiger charge is 2.42. The number of hydrogen-bond donors (Lipinski definition) is 0. The van der Waals surface area contributed by atoms with Gasteiger partial charge in [-0.3, -0.25) is 24.4 Å². The molecule has 3 saturated heterocycles. The van der Waals surface area contributed by atoms with Crippen molar-refractivity contribution in [2.45, 2.75) is 52.0 Å². The van der Waals surface area contributed by atoms with Crippen LogP contribution in [0.25, 0.3) is 0 Å². The highest BCUT2D eigenvalue weighted by Crippen LogP contribution is 2.40. The molecule has 0 radical (unpaired) electrons. The molecule has 0 saturated carbocycles. The summed E-state index contributed by atoms with van der Waals surface area (Å²) in [4.78, 5) is 51.0. The van der Waals surface area contributed by atoms with Crippen molar-refractivity contribution in [3.05, 3.63) is 23.8 Å². The van der Waals surface area contributed by atoms with Crippen LogP contribution in [0.4, 0.5) is 0 Å². The molecule has 0 aromatic carbocycles. The molecule has 3 aliphatic heterocycles. The minimum atomic E-state index is 0.0498. The Kier molecular flexibility index (Phi) is 5.52. The van der Waals surface area contributed by atoms with Crippen LogP contribution in [-0.2, 0) is 20.9 Å². The number of hydrogen-bond acceptors (Lipinski definition) is 5. The lowest BCUT2D eigenvalue weighted by Crippen LogP contribution is -2.53. The van der Waals surface area contributed by atoms with Gasteiger partial charge in [0.05, 0.1) is 30.7 Å². The smallest absolute Gasteiger partial charge is 0.242 e. The Balaban J connectivity index is 1.33. The maximum atomic E-state index is 12.6. The molecule has 0 bridgehead atoms. The highest BCUT2D eigenvalue weighted by molar-refractivity contribution is 5.86. The second-order valence-electron chi connectivity index (χ2n) is 8.70. The molecule has 8 nitrogen and oxygen atoms in total. The number of rotatable bonds is 4. The predicted octanol–water partition coefficient (Wildman–Crippen LogP) is 1.14. The van der Waals surface area contributed by atoms with Gasteiger partial charge < -0.3 is 14.7 Å². The Hall–Kier alpha value is -2.51. The van der Waals surface area contributed by atoms with Gasteiger partial charge in [-0.15, -0.1) is 0 Å². The average molecular weight is 399 g/mol. The fraction of sp³-hybridized carbons (Fsp3) is 0.667. The number of likely N-dealkylation sites (tertiary alicyclic amines) is 3. The lowest BCUT2D eigenvalue weighted by atomic mass is 9.72. The fourth-order valence-electron chi connectivity index (χ4n) is 4.72. The van der Waals surface area contributed by atoms with Crippen molar-refractivity contribution in [2.24, 2.45) is 5.41 Å². The molecule has 3 amide bonds. The standard InChI is InChI=1S/C21H29N5O3/c1-16-11-23-17(12-22-16)13-26-15-21(5-4-19(26)28)6-9-24(10-7-21)20(29)14-25-8-2-3-18(25)27/h11-12H,2-10,13-15H2,1H3. The number of carbonyl (C=O) groups excluding carboxylic acids is 3. The van der Waals surface area contributed by atoms with E-state index in [0.717, 1.165) is 37.1 Å². The Bertz CT molecular complexity index is 786. The van der Waals surface area contributed by atoms with E-state index in [4.69, 9.17) is 0 Å². The monoisotopic (exact) mass is 399 g/mol. The molecule has 156 valence electrons. The van der Waals surface area contributed by atoms with Gasteiger partial charge >= 0.3 is 0 Å². The zero-order valence-corrected chi connectivity index (χ0v) is 17.1. The summed E-state index contributed by atoms with van der Waals surface area (Å²) < 4.78 is 0. The summed E-state index contributed by atoms with van der Waals surface area (Å²) >= 11 is 0. The van der Waals surface area contributed by atoms with Gasteiger partial charge in [0.1, 0.15) is 0 Å². The summed E-state index contributed by atoms with van der Waals surface area (Å²) in [6, 6.07) is 0. The number of carbonyl (C=O) groups is 3. The normalized spacial score (nSPS) is 21.9. The van der Waals surface area contributed by atoms with Crippen LogP contribution in [0.3, 0.4) is 0 Å². The van der Waals surface area contributed by atoms with Crippen molar-refractivity contribution >= 4 is 17.7 Å². The van der Waals surface area contributed by atoms with Crippen LogP contribution in [-0.4, -0.2) is 75.1 Å². The van der Waals surface area contributed by atoms with Crippen LogP contribution in [0.2, 0.25) is 0 Å². The molecule has 0 unspecified atom stereocenters. The molecular weight excluding hydrogens is 370 g/mol. The molecule has 1 spiro atoms. The molecule has 0 aliphatic carbocycles. The third-order valence-electron chi connectivity index (χ3n) is 6.61. The predicted molar refractivity (Wildman–Crippen MR) is 105 cm³/mol. The molecule has 0 atom stereocenters.